The van der Waals surface area contributed by atoms with Crippen LogP contribution in [0.5, 0.6) is 0 Å². The second-order valence-electron chi connectivity index (χ2n) is 6.07. The van der Waals surface area contributed by atoms with E-state index in [-0.39, 0.29) is 0 Å². The Labute approximate surface area is 167 Å². The van der Waals surface area contributed by atoms with Gasteiger partial charge in [-0.2, -0.15) is 0 Å². The van der Waals surface area contributed by atoms with E-state index in [1.807, 2.05) is 60.7 Å². The van der Waals surface area contributed by atoms with E-state index in [1.165, 1.54) is 0 Å². The molecule has 5 heteroatoms. The molecule has 1 heterocycles. The first-order valence-electron chi connectivity index (χ1n) is 8.24. The average Bonchev–Trinajstić information content (AvgIpc) is 2.97. The Morgan fingerprint density at radius 3 is 2.15 bits per heavy atom. The van der Waals surface area contributed by atoms with Crippen molar-refractivity contribution in [1.82, 2.24) is 9.55 Å². The maximum Gasteiger partial charge on any atom is 0.114 e. The summed E-state index contributed by atoms with van der Waals surface area (Å²) in [6.07, 6.45) is 0.635. The van der Waals surface area contributed by atoms with Gasteiger partial charge in [0, 0.05) is 27.1 Å². The van der Waals surface area contributed by atoms with E-state index in [2.05, 4.69) is 10.6 Å². The lowest BCUT2D eigenvalue weighted by Crippen LogP contribution is -2.07. The standard InChI is InChI=1S/C21H15Cl3N2/c22-16-7-2-1-6-14(16)12-21-25-19-10-3-4-11-20(19)26(21)13-15-17(23)8-5-9-18(15)24/h1-11H,12-13H2. The molecule has 0 aliphatic rings. The second-order valence-corrected chi connectivity index (χ2v) is 7.29. The summed E-state index contributed by atoms with van der Waals surface area (Å²) in [7, 11) is 0. The van der Waals surface area contributed by atoms with Crippen molar-refractivity contribution in [2.24, 2.45) is 0 Å². The molecule has 0 radical (unpaired) electrons. The maximum atomic E-state index is 6.40. The Kier molecular flexibility index (Phi) is 4.90. The van der Waals surface area contributed by atoms with Gasteiger partial charge >= 0.3 is 0 Å². The fourth-order valence-corrected chi connectivity index (χ4v) is 3.81. The number of halogens is 3. The molecule has 0 bridgehead atoms. The Hall–Kier alpha value is -2.00. The van der Waals surface area contributed by atoms with Gasteiger partial charge in [0.2, 0.25) is 0 Å². The lowest BCUT2D eigenvalue weighted by atomic mass is 10.1. The molecule has 26 heavy (non-hydrogen) atoms. The summed E-state index contributed by atoms with van der Waals surface area (Å²) < 4.78 is 2.16. The van der Waals surface area contributed by atoms with Crippen LogP contribution < -0.4 is 0 Å². The highest BCUT2D eigenvalue weighted by molar-refractivity contribution is 6.36. The molecule has 0 saturated heterocycles. The maximum absolute atomic E-state index is 6.40. The molecule has 3 aromatic carbocycles. The molecule has 0 aliphatic heterocycles. The quantitative estimate of drug-likeness (QED) is 0.375. The second kappa shape index (κ2) is 7.32. The first kappa shape index (κ1) is 17.4. The number of aromatic nitrogens is 2. The first-order valence-corrected chi connectivity index (χ1v) is 9.37. The number of imidazole rings is 1. The van der Waals surface area contributed by atoms with Gasteiger partial charge in [0.05, 0.1) is 17.6 Å². The number of hydrogen-bond acceptors (Lipinski definition) is 1. The van der Waals surface area contributed by atoms with Crippen LogP contribution >= 0.6 is 34.8 Å². The van der Waals surface area contributed by atoms with E-state index < -0.39 is 0 Å². The predicted octanol–water partition coefficient (Wildman–Crippen LogP) is 6.64. The molecule has 0 spiro atoms. The summed E-state index contributed by atoms with van der Waals surface area (Å²) in [5.74, 6) is 0.926. The van der Waals surface area contributed by atoms with Gasteiger partial charge in [0.15, 0.2) is 0 Å². The van der Waals surface area contributed by atoms with Gasteiger partial charge in [-0.05, 0) is 35.9 Å². The van der Waals surface area contributed by atoms with Crippen molar-refractivity contribution >= 4 is 45.8 Å². The molecule has 0 atom stereocenters. The predicted molar refractivity (Wildman–Crippen MR) is 110 cm³/mol. The van der Waals surface area contributed by atoms with E-state index >= 15 is 0 Å². The van der Waals surface area contributed by atoms with E-state index in [1.54, 1.807) is 0 Å². The van der Waals surface area contributed by atoms with Crippen LogP contribution in [0, 0.1) is 0 Å². The van der Waals surface area contributed by atoms with Gasteiger partial charge < -0.3 is 4.57 Å². The summed E-state index contributed by atoms with van der Waals surface area (Å²) in [5.41, 5.74) is 3.92. The van der Waals surface area contributed by atoms with Crippen molar-refractivity contribution in [3.05, 3.63) is 98.7 Å². The topological polar surface area (TPSA) is 17.8 Å². The number of para-hydroxylation sites is 2. The Morgan fingerprint density at radius 2 is 1.38 bits per heavy atom. The highest BCUT2D eigenvalue weighted by atomic mass is 35.5. The van der Waals surface area contributed by atoms with Gasteiger partial charge in [-0.25, -0.2) is 4.98 Å². The third-order valence-corrected chi connectivity index (χ3v) is 5.49. The zero-order valence-corrected chi connectivity index (χ0v) is 16.1. The van der Waals surface area contributed by atoms with Crippen molar-refractivity contribution < 1.29 is 0 Å². The molecule has 0 aliphatic carbocycles. The summed E-state index contributed by atoms with van der Waals surface area (Å²) in [5, 5.41) is 2.04. The molecule has 4 rings (SSSR count). The molecule has 130 valence electrons. The van der Waals surface area contributed by atoms with Gasteiger partial charge in [-0.1, -0.05) is 71.2 Å². The van der Waals surface area contributed by atoms with Crippen LogP contribution in [-0.2, 0) is 13.0 Å². The largest absolute Gasteiger partial charge is 0.323 e. The van der Waals surface area contributed by atoms with Crippen molar-refractivity contribution in [1.29, 1.82) is 0 Å². The summed E-state index contributed by atoms with van der Waals surface area (Å²) in [6.45, 7) is 0.554. The van der Waals surface area contributed by atoms with E-state index in [0.717, 1.165) is 33.0 Å². The lowest BCUT2D eigenvalue weighted by molar-refractivity contribution is 0.763. The molecular weight excluding hydrogens is 387 g/mol. The number of benzene rings is 3. The Balaban J connectivity index is 1.83. The smallest absolute Gasteiger partial charge is 0.114 e. The van der Waals surface area contributed by atoms with Gasteiger partial charge in [-0.3, -0.25) is 0 Å². The van der Waals surface area contributed by atoms with Crippen LogP contribution in [0.4, 0.5) is 0 Å². The summed E-state index contributed by atoms with van der Waals surface area (Å²) in [4.78, 5) is 4.82. The zero-order valence-electron chi connectivity index (χ0n) is 13.8. The van der Waals surface area contributed by atoms with Crippen LogP contribution in [0.25, 0.3) is 11.0 Å². The van der Waals surface area contributed by atoms with Crippen LogP contribution in [0.2, 0.25) is 15.1 Å². The number of nitrogens with zero attached hydrogens (tertiary/aromatic N) is 2. The molecule has 0 unspecified atom stereocenters. The van der Waals surface area contributed by atoms with Crippen molar-refractivity contribution in [2.45, 2.75) is 13.0 Å². The fourth-order valence-electron chi connectivity index (χ4n) is 3.09. The van der Waals surface area contributed by atoms with Crippen LogP contribution in [0.1, 0.15) is 17.0 Å². The molecular formula is C21H15Cl3N2. The zero-order chi connectivity index (χ0) is 18.1. The molecule has 0 N–H and O–H groups in total. The molecule has 2 nitrogen and oxygen atoms in total. The molecule has 0 saturated carbocycles. The van der Waals surface area contributed by atoms with Gasteiger partial charge in [0.1, 0.15) is 5.82 Å². The lowest BCUT2D eigenvalue weighted by Gasteiger charge is -2.13. The number of fused-ring (bicyclic) bond motifs is 1. The molecule has 1 aromatic heterocycles. The highest BCUT2D eigenvalue weighted by Crippen LogP contribution is 2.28. The minimum Gasteiger partial charge on any atom is -0.323 e. The van der Waals surface area contributed by atoms with Gasteiger partial charge in [0.25, 0.3) is 0 Å². The highest BCUT2D eigenvalue weighted by Gasteiger charge is 2.15. The first-order chi connectivity index (χ1) is 12.6. The van der Waals surface area contributed by atoms with Crippen LogP contribution in [0.3, 0.4) is 0 Å². The molecule has 4 aromatic rings. The molecule has 0 amide bonds. The normalized spacial score (nSPS) is 11.2. The summed E-state index contributed by atoms with van der Waals surface area (Å²) >= 11 is 19.1. The van der Waals surface area contributed by atoms with Gasteiger partial charge in [-0.15, -0.1) is 0 Å². The van der Waals surface area contributed by atoms with E-state index in [0.29, 0.717) is 23.0 Å². The fraction of sp³-hybridized carbons (Fsp3) is 0.0952. The minimum atomic E-state index is 0.554. The van der Waals surface area contributed by atoms with E-state index in [4.69, 9.17) is 39.8 Å². The van der Waals surface area contributed by atoms with Crippen LogP contribution in [0.15, 0.2) is 66.7 Å². The third-order valence-electron chi connectivity index (χ3n) is 4.42. The SMILES string of the molecule is Clc1ccccc1Cc1nc2ccccc2n1Cc1c(Cl)cccc1Cl. The van der Waals surface area contributed by atoms with Crippen molar-refractivity contribution in [2.75, 3.05) is 0 Å². The number of hydrogen-bond donors (Lipinski definition) is 0. The van der Waals surface area contributed by atoms with Crippen molar-refractivity contribution in [3.63, 3.8) is 0 Å². The molecule has 0 fully saturated rings. The van der Waals surface area contributed by atoms with Crippen molar-refractivity contribution in [3.8, 4) is 0 Å². The van der Waals surface area contributed by atoms with E-state index in [9.17, 15) is 0 Å². The van der Waals surface area contributed by atoms with Crippen LogP contribution in [-0.4, -0.2) is 9.55 Å². The monoisotopic (exact) mass is 400 g/mol. The average molecular weight is 402 g/mol. The summed E-state index contributed by atoms with van der Waals surface area (Å²) in [6, 6.07) is 21.5. The Bertz CT molecular complexity index is 1070. The third kappa shape index (κ3) is 3.33. The minimum absolute atomic E-state index is 0.554. The number of rotatable bonds is 4. The Morgan fingerprint density at radius 1 is 0.731 bits per heavy atom.